The number of ether oxygens (including phenoxy) is 2. The van der Waals surface area contributed by atoms with E-state index in [0.717, 1.165) is 0 Å². The molecular weight excluding hydrogens is 312 g/mol. The molecule has 0 fully saturated rings. The molecule has 1 atom stereocenters. The van der Waals surface area contributed by atoms with Crippen LogP contribution in [0.15, 0.2) is 12.2 Å². The van der Waals surface area contributed by atoms with Gasteiger partial charge in [0.2, 0.25) is 0 Å². The molecule has 6 heteroatoms. The van der Waals surface area contributed by atoms with Crippen molar-refractivity contribution in [2.24, 2.45) is 5.92 Å². The second-order valence-corrected chi connectivity index (χ2v) is 11.8. The summed E-state index contributed by atoms with van der Waals surface area (Å²) in [5.41, 5.74) is 0. The van der Waals surface area contributed by atoms with Gasteiger partial charge >= 0.3 is 11.9 Å². The molecule has 0 aromatic carbocycles. The van der Waals surface area contributed by atoms with Crippen LogP contribution in [0.1, 0.15) is 41.0 Å². The van der Waals surface area contributed by atoms with E-state index in [0.29, 0.717) is 19.6 Å². The topological polar surface area (TPSA) is 61.8 Å². The maximum atomic E-state index is 12.1. The summed E-state index contributed by atoms with van der Waals surface area (Å²) < 4.78 is 16.0. The second-order valence-electron chi connectivity index (χ2n) is 6.96. The number of carbonyl (C=O) groups excluding carboxylic acids is 2. The molecule has 0 spiro atoms. The fourth-order valence-electron chi connectivity index (χ4n) is 1.46. The van der Waals surface area contributed by atoms with Crippen LogP contribution in [0.4, 0.5) is 0 Å². The molecule has 0 saturated heterocycles. The molecule has 134 valence electrons. The van der Waals surface area contributed by atoms with Gasteiger partial charge in [0.15, 0.2) is 8.32 Å². The van der Waals surface area contributed by atoms with Crippen molar-refractivity contribution in [1.82, 2.24) is 0 Å². The molecule has 0 aliphatic carbocycles. The molecule has 0 amide bonds. The smallest absolute Gasteiger partial charge is 0.330 e. The van der Waals surface area contributed by atoms with Crippen molar-refractivity contribution in [1.29, 1.82) is 0 Å². The fraction of sp³-hybridized carbons (Fsp3) is 0.765. The van der Waals surface area contributed by atoms with Gasteiger partial charge in [-0.2, -0.15) is 0 Å². The van der Waals surface area contributed by atoms with Crippen LogP contribution in [-0.2, 0) is 23.5 Å². The average molecular weight is 345 g/mol. The quantitative estimate of drug-likeness (QED) is 0.362. The molecule has 0 radical (unpaired) electrons. The van der Waals surface area contributed by atoms with Crippen molar-refractivity contribution in [3.05, 3.63) is 12.2 Å². The standard InChI is InChI=1S/C17H32O5Si/c1-8-14(13-22-23(6,7)17(3,4)5)16(19)21-12-10-11-15(18)20-9-2/h10-11,14H,8-9,12-13H2,1-7H3/b11-10+/t14-/m1/s1. The zero-order valence-corrected chi connectivity index (χ0v) is 16.6. The molecule has 0 saturated carbocycles. The van der Waals surface area contributed by atoms with E-state index in [1.165, 1.54) is 12.2 Å². The molecule has 23 heavy (non-hydrogen) atoms. The van der Waals surface area contributed by atoms with Crippen LogP contribution in [0.3, 0.4) is 0 Å². The Balaban J connectivity index is 4.35. The van der Waals surface area contributed by atoms with E-state index in [9.17, 15) is 9.59 Å². The Bertz CT molecular complexity index is 410. The molecule has 0 bridgehead atoms. The number of hydrogen-bond acceptors (Lipinski definition) is 5. The highest BCUT2D eigenvalue weighted by molar-refractivity contribution is 6.74. The summed E-state index contributed by atoms with van der Waals surface area (Å²) in [4.78, 5) is 23.2. The van der Waals surface area contributed by atoms with Gasteiger partial charge in [0, 0.05) is 12.7 Å². The highest BCUT2D eigenvalue weighted by atomic mass is 28.4. The summed E-state index contributed by atoms with van der Waals surface area (Å²) in [5.74, 6) is -1.00. The van der Waals surface area contributed by atoms with Gasteiger partial charge in [0.05, 0.1) is 12.5 Å². The third kappa shape index (κ3) is 8.32. The summed E-state index contributed by atoms with van der Waals surface area (Å²) in [5, 5.41) is 0.109. The third-order valence-electron chi connectivity index (χ3n) is 4.14. The minimum Gasteiger partial charge on any atom is -0.463 e. The Labute approximate surface area is 141 Å². The highest BCUT2D eigenvalue weighted by Gasteiger charge is 2.38. The predicted octanol–water partition coefficient (Wildman–Crippen LogP) is 3.70. The summed E-state index contributed by atoms with van der Waals surface area (Å²) in [6.07, 6.45) is 3.41. The summed E-state index contributed by atoms with van der Waals surface area (Å²) in [6, 6.07) is 0. The van der Waals surface area contributed by atoms with Gasteiger partial charge in [0.1, 0.15) is 6.61 Å². The van der Waals surface area contributed by atoms with E-state index in [2.05, 4.69) is 33.9 Å². The Morgan fingerprint density at radius 1 is 1.13 bits per heavy atom. The zero-order valence-electron chi connectivity index (χ0n) is 15.6. The Kier molecular flexibility index (Phi) is 9.38. The van der Waals surface area contributed by atoms with E-state index in [1.54, 1.807) is 6.92 Å². The van der Waals surface area contributed by atoms with E-state index in [1.807, 2.05) is 6.92 Å². The van der Waals surface area contributed by atoms with Crippen LogP contribution in [0, 0.1) is 5.92 Å². The van der Waals surface area contributed by atoms with Gasteiger partial charge in [-0.25, -0.2) is 4.79 Å². The monoisotopic (exact) mass is 344 g/mol. The Hall–Kier alpha value is -1.14. The number of esters is 2. The first-order chi connectivity index (χ1) is 10.5. The van der Waals surface area contributed by atoms with Crippen molar-refractivity contribution in [2.75, 3.05) is 19.8 Å². The van der Waals surface area contributed by atoms with Crippen molar-refractivity contribution < 1.29 is 23.5 Å². The molecule has 0 unspecified atom stereocenters. The van der Waals surface area contributed by atoms with E-state index >= 15 is 0 Å². The van der Waals surface area contributed by atoms with Crippen LogP contribution in [-0.4, -0.2) is 40.1 Å². The fourth-order valence-corrected chi connectivity index (χ4v) is 2.51. The summed E-state index contributed by atoms with van der Waals surface area (Å²) in [6.45, 7) is 15.3. The number of hydrogen-bond donors (Lipinski definition) is 0. The van der Waals surface area contributed by atoms with E-state index in [4.69, 9.17) is 13.9 Å². The van der Waals surface area contributed by atoms with Crippen molar-refractivity contribution in [3.8, 4) is 0 Å². The van der Waals surface area contributed by atoms with Crippen LogP contribution >= 0.6 is 0 Å². The maximum Gasteiger partial charge on any atom is 0.330 e. The van der Waals surface area contributed by atoms with Gasteiger partial charge in [0.25, 0.3) is 0 Å². The van der Waals surface area contributed by atoms with Gasteiger partial charge in [-0.15, -0.1) is 0 Å². The highest BCUT2D eigenvalue weighted by Crippen LogP contribution is 2.36. The van der Waals surface area contributed by atoms with E-state index < -0.39 is 14.3 Å². The normalized spacial score (nSPS) is 13.9. The molecule has 5 nitrogen and oxygen atoms in total. The predicted molar refractivity (Wildman–Crippen MR) is 93.7 cm³/mol. The lowest BCUT2D eigenvalue weighted by Gasteiger charge is -2.37. The minimum atomic E-state index is -1.87. The van der Waals surface area contributed by atoms with Crippen LogP contribution in [0.5, 0.6) is 0 Å². The minimum absolute atomic E-state index is 0.0637. The first kappa shape index (κ1) is 21.9. The van der Waals surface area contributed by atoms with Gasteiger partial charge in [-0.05, 0) is 37.6 Å². The SMILES string of the molecule is CCOC(=O)/C=C/COC(=O)[C@H](CC)CO[Si](C)(C)C(C)(C)C. The molecule has 0 aliphatic rings. The Morgan fingerprint density at radius 3 is 2.22 bits per heavy atom. The van der Waals surface area contributed by atoms with Crippen molar-refractivity contribution in [3.63, 3.8) is 0 Å². The number of carbonyl (C=O) groups is 2. The van der Waals surface area contributed by atoms with E-state index in [-0.39, 0.29) is 23.5 Å². The van der Waals surface area contributed by atoms with Crippen LogP contribution in [0.25, 0.3) is 0 Å². The first-order valence-corrected chi connectivity index (χ1v) is 11.1. The van der Waals surface area contributed by atoms with Crippen LogP contribution < -0.4 is 0 Å². The van der Waals surface area contributed by atoms with Gasteiger partial charge in [-0.3, -0.25) is 4.79 Å². The Morgan fingerprint density at radius 2 is 1.74 bits per heavy atom. The molecule has 0 N–H and O–H groups in total. The zero-order chi connectivity index (χ0) is 18.1. The molecule has 0 rings (SSSR count). The lowest BCUT2D eigenvalue weighted by molar-refractivity contribution is -0.148. The van der Waals surface area contributed by atoms with Gasteiger partial charge in [-0.1, -0.05) is 27.7 Å². The van der Waals surface area contributed by atoms with Crippen molar-refractivity contribution >= 4 is 20.3 Å². The average Bonchev–Trinajstić information content (AvgIpc) is 2.43. The van der Waals surface area contributed by atoms with Crippen molar-refractivity contribution in [2.45, 2.75) is 59.2 Å². The summed E-state index contributed by atoms with van der Waals surface area (Å²) >= 11 is 0. The van der Waals surface area contributed by atoms with Crippen LogP contribution in [0.2, 0.25) is 18.1 Å². The maximum absolute atomic E-state index is 12.1. The number of rotatable bonds is 9. The largest absolute Gasteiger partial charge is 0.463 e. The summed E-state index contributed by atoms with van der Waals surface area (Å²) in [7, 11) is -1.87. The van der Waals surface area contributed by atoms with Gasteiger partial charge < -0.3 is 13.9 Å². The lowest BCUT2D eigenvalue weighted by Crippen LogP contribution is -2.42. The molecule has 0 heterocycles. The third-order valence-corrected chi connectivity index (χ3v) is 8.64. The second kappa shape index (κ2) is 9.88. The lowest BCUT2D eigenvalue weighted by atomic mass is 10.1. The first-order valence-electron chi connectivity index (χ1n) is 8.19. The molecular formula is C17H32O5Si. The molecule has 0 aromatic rings. The molecule has 0 aliphatic heterocycles. The molecule has 0 aromatic heterocycles.